The van der Waals surface area contributed by atoms with Gasteiger partial charge in [-0.25, -0.2) is 0 Å². The topological polar surface area (TPSA) is 57.8 Å². The minimum atomic E-state index is 0.238. The van der Waals surface area contributed by atoms with E-state index in [-0.39, 0.29) is 5.75 Å². The number of hydrogen-bond donors (Lipinski definition) is 1. The second kappa shape index (κ2) is 5.48. The fourth-order valence-corrected chi connectivity index (χ4v) is 2.00. The van der Waals surface area contributed by atoms with Crippen LogP contribution < -0.4 is 0 Å². The van der Waals surface area contributed by atoms with Gasteiger partial charge in [0.25, 0.3) is 0 Å². The summed E-state index contributed by atoms with van der Waals surface area (Å²) in [4.78, 5) is 4.32. The van der Waals surface area contributed by atoms with Gasteiger partial charge in [-0.05, 0) is 18.2 Å². The lowest BCUT2D eigenvalue weighted by Gasteiger charge is -2.00. The summed E-state index contributed by atoms with van der Waals surface area (Å²) < 4.78 is 0. The molecule has 2 aromatic carbocycles. The molecule has 0 spiro atoms. The van der Waals surface area contributed by atoms with Gasteiger partial charge in [-0.1, -0.05) is 36.4 Å². The summed E-state index contributed by atoms with van der Waals surface area (Å²) in [6.45, 7) is 0.343. The Kier molecular flexibility index (Phi) is 3.37. The Hall–Kier alpha value is -2.75. The monoisotopic (exact) mass is 263 g/mol. The average Bonchev–Trinajstić information content (AvgIpc) is 2.49. The molecule has 0 aliphatic heterocycles. The van der Waals surface area contributed by atoms with Crippen LogP contribution in [-0.2, 0) is 6.54 Å². The highest BCUT2D eigenvalue weighted by Crippen LogP contribution is 2.24. The molecular weight excluding hydrogens is 250 g/mol. The van der Waals surface area contributed by atoms with E-state index in [9.17, 15) is 5.11 Å². The number of nitrogens with zero attached hydrogens (tertiary/aromatic N) is 3. The normalized spacial score (nSPS) is 11.2. The van der Waals surface area contributed by atoms with Gasteiger partial charge >= 0.3 is 0 Å². The van der Waals surface area contributed by atoms with E-state index in [1.54, 1.807) is 18.3 Å². The molecule has 98 valence electrons. The Bertz CT molecular complexity index is 763. The molecule has 4 heteroatoms. The van der Waals surface area contributed by atoms with E-state index in [0.29, 0.717) is 6.54 Å². The minimum Gasteiger partial charge on any atom is -0.508 e. The van der Waals surface area contributed by atoms with Crippen molar-refractivity contribution in [2.45, 2.75) is 6.54 Å². The Morgan fingerprint density at radius 1 is 0.950 bits per heavy atom. The van der Waals surface area contributed by atoms with E-state index in [2.05, 4.69) is 15.2 Å². The van der Waals surface area contributed by atoms with Gasteiger partial charge < -0.3 is 5.11 Å². The minimum absolute atomic E-state index is 0.238. The molecule has 0 radical (unpaired) electrons. The summed E-state index contributed by atoms with van der Waals surface area (Å²) in [5.74, 6) is 0.238. The third-order valence-corrected chi connectivity index (χ3v) is 3.02. The molecule has 0 saturated heterocycles. The number of aromatic nitrogens is 1. The van der Waals surface area contributed by atoms with Gasteiger partial charge in [0.05, 0.1) is 12.1 Å². The molecule has 0 bridgehead atoms. The molecule has 3 rings (SSSR count). The smallest absolute Gasteiger partial charge is 0.120 e. The lowest BCUT2D eigenvalue weighted by Crippen LogP contribution is -1.81. The maximum absolute atomic E-state index is 9.67. The van der Waals surface area contributed by atoms with Gasteiger partial charge in [-0.2, -0.15) is 10.2 Å². The van der Waals surface area contributed by atoms with Gasteiger partial charge in [-0.3, -0.25) is 4.98 Å². The lowest BCUT2D eigenvalue weighted by molar-refractivity contribution is 0.468. The van der Waals surface area contributed by atoms with Gasteiger partial charge in [0.15, 0.2) is 0 Å². The highest BCUT2D eigenvalue weighted by Gasteiger charge is 2.01. The fourth-order valence-electron chi connectivity index (χ4n) is 2.00. The summed E-state index contributed by atoms with van der Waals surface area (Å²) in [6, 6.07) is 16.8. The van der Waals surface area contributed by atoms with Crippen molar-refractivity contribution in [1.82, 2.24) is 4.98 Å². The molecular formula is C16H13N3O. The number of rotatable bonds is 3. The Labute approximate surface area is 116 Å². The van der Waals surface area contributed by atoms with E-state index < -0.39 is 0 Å². The summed E-state index contributed by atoms with van der Waals surface area (Å²) in [7, 11) is 0. The van der Waals surface area contributed by atoms with Crippen LogP contribution in [0.5, 0.6) is 5.75 Å². The maximum Gasteiger partial charge on any atom is 0.120 e. The Morgan fingerprint density at radius 2 is 1.80 bits per heavy atom. The van der Waals surface area contributed by atoms with E-state index in [0.717, 1.165) is 22.2 Å². The molecule has 1 aromatic heterocycles. The van der Waals surface area contributed by atoms with Crippen LogP contribution >= 0.6 is 0 Å². The number of phenolic OH excluding ortho intramolecular Hbond substituents is 1. The van der Waals surface area contributed by atoms with E-state index in [4.69, 9.17) is 0 Å². The maximum atomic E-state index is 9.67. The van der Waals surface area contributed by atoms with Crippen molar-refractivity contribution >= 4 is 16.6 Å². The third kappa shape index (κ3) is 2.49. The molecule has 1 heterocycles. The van der Waals surface area contributed by atoms with E-state index in [1.165, 1.54) is 0 Å². The first-order valence-corrected chi connectivity index (χ1v) is 6.33. The Balaban J connectivity index is 1.86. The van der Waals surface area contributed by atoms with Crippen molar-refractivity contribution in [3.05, 3.63) is 66.4 Å². The second-order valence-electron chi connectivity index (χ2n) is 4.38. The molecule has 0 aliphatic carbocycles. The highest BCUT2D eigenvalue weighted by atomic mass is 16.3. The van der Waals surface area contributed by atoms with Gasteiger partial charge in [0.2, 0.25) is 0 Å². The van der Waals surface area contributed by atoms with Crippen molar-refractivity contribution in [3.63, 3.8) is 0 Å². The van der Waals surface area contributed by atoms with Crippen molar-refractivity contribution in [3.8, 4) is 5.75 Å². The van der Waals surface area contributed by atoms with Crippen molar-refractivity contribution in [2.75, 3.05) is 0 Å². The quantitative estimate of drug-likeness (QED) is 0.719. The van der Waals surface area contributed by atoms with Crippen LogP contribution in [0.3, 0.4) is 0 Å². The van der Waals surface area contributed by atoms with Crippen molar-refractivity contribution in [1.29, 1.82) is 0 Å². The number of benzene rings is 2. The molecule has 0 atom stereocenters. The first-order chi connectivity index (χ1) is 9.84. The van der Waals surface area contributed by atoms with Crippen LogP contribution in [-0.4, -0.2) is 10.1 Å². The van der Waals surface area contributed by atoms with Crippen LogP contribution in [0.25, 0.3) is 10.9 Å². The number of azo groups is 1. The average molecular weight is 263 g/mol. The van der Waals surface area contributed by atoms with Crippen LogP contribution in [0.2, 0.25) is 0 Å². The predicted molar refractivity (Wildman–Crippen MR) is 78.1 cm³/mol. The van der Waals surface area contributed by atoms with Gasteiger partial charge in [-0.15, -0.1) is 0 Å². The number of hydrogen-bond acceptors (Lipinski definition) is 4. The zero-order chi connectivity index (χ0) is 13.8. The molecule has 0 unspecified atom stereocenters. The summed E-state index contributed by atoms with van der Waals surface area (Å²) in [5, 5.41) is 19.1. The van der Waals surface area contributed by atoms with Crippen LogP contribution in [0.1, 0.15) is 5.56 Å². The fraction of sp³-hybridized carbons (Fsp3) is 0.0625. The SMILES string of the molecule is Oc1ccccc1CN=Nc1cccc2cccnc12. The van der Waals surface area contributed by atoms with Crippen molar-refractivity contribution in [2.24, 2.45) is 10.2 Å². The molecule has 20 heavy (non-hydrogen) atoms. The van der Waals surface area contributed by atoms with E-state index in [1.807, 2.05) is 42.5 Å². The van der Waals surface area contributed by atoms with Gasteiger partial charge in [0, 0.05) is 17.1 Å². The van der Waals surface area contributed by atoms with Crippen LogP contribution in [0.4, 0.5) is 5.69 Å². The number of para-hydroxylation sites is 2. The first kappa shape index (κ1) is 12.3. The molecule has 0 saturated carbocycles. The molecule has 0 aliphatic rings. The zero-order valence-corrected chi connectivity index (χ0v) is 10.8. The summed E-state index contributed by atoms with van der Waals surface area (Å²) in [5.41, 5.74) is 2.32. The molecule has 3 aromatic rings. The van der Waals surface area contributed by atoms with Gasteiger partial charge in [0.1, 0.15) is 11.4 Å². The van der Waals surface area contributed by atoms with Crippen LogP contribution in [0.15, 0.2) is 71.0 Å². The number of phenols is 1. The number of fused-ring (bicyclic) bond motifs is 1. The number of pyridine rings is 1. The Morgan fingerprint density at radius 3 is 2.70 bits per heavy atom. The third-order valence-electron chi connectivity index (χ3n) is 3.02. The van der Waals surface area contributed by atoms with Crippen molar-refractivity contribution < 1.29 is 5.11 Å². The standard InChI is InChI=1S/C16H13N3O/c20-15-9-2-1-5-13(15)11-18-19-14-8-3-6-12-7-4-10-17-16(12)14/h1-10,20H,11H2. The lowest BCUT2D eigenvalue weighted by atomic mass is 10.2. The molecule has 4 nitrogen and oxygen atoms in total. The summed E-state index contributed by atoms with van der Waals surface area (Å²) >= 11 is 0. The predicted octanol–water partition coefficient (Wildman–Crippen LogP) is 4.22. The summed E-state index contributed by atoms with van der Waals surface area (Å²) in [6.07, 6.45) is 1.74. The zero-order valence-electron chi connectivity index (χ0n) is 10.8. The molecule has 1 N–H and O–H groups in total. The van der Waals surface area contributed by atoms with E-state index >= 15 is 0 Å². The largest absolute Gasteiger partial charge is 0.508 e. The highest BCUT2D eigenvalue weighted by molar-refractivity contribution is 5.88. The van der Waals surface area contributed by atoms with Crippen LogP contribution in [0, 0.1) is 0 Å². The number of aromatic hydroxyl groups is 1. The first-order valence-electron chi connectivity index (χ1n) is 6.33. The molecule has 0 amide bonds. The molecule has 0 fully saturated rings. The second-order valence-corrected chi connectivity index (χ2v) is 4.38.